The van der Waals surface area contributed by atoms with Gasteiger partial charge in [0.1, 0.15) is 0 Å². The van der Waals surface area contributed by atoms with Gasteiger partial charge < -0.3 is 9.84 Å². The summed E-state index contributed by atoms with van der Waals surface area (Å²) in [6.45, 7) is 1.94. The molecule has 3 atom stereocenters. The molecule has 1 saturated carbocycles. The molecule has 0 spiro atoms. The number of carbonyl (C=O) groups is 1. The van der Waals surface area contributed by atoms with Crippen LogP contribution in [-0.4, -0.2) is 24.3 Å². The Kier molecular flexibility index (Phi) is 2.27. The van der Waals surface area contributed by atoms with Gasteiger partial charge in [0.05, 0.1) is 12.0 Å². The van der Waals surface area contributed by atoms with E-state index in [1.807, 2.05) is 37.3 Å². The van der Waals surface area contributed by atoms with Gasteiger partial charge in [-0.1, -0.05) is 37.3 Å². The van der Waals surface area contributed by atoms with E-state index >= 15 is 0 Å². The van der Waals surface area contributed by atoms with E-state index in [0.717, 1.165) is 5.56 Å². The molecule has 3 nitrogen and oxygen atoms in total. The van der Waals surface area contributed by atoms with Crippen molar-refractivity contribution >= 4 is 5.97 Å². The maximum atomic E-state index is 11.0. The van der Waals surface area contributed by atoms with E-state index < -0.39 is 11.9 Å². The van der Waals surface area contributed by atoms with E-state index in [-0.39, 0.29) is 11.5 Å². The number of carboxylic acid groups (broad SMARTS) is 1. The minimum absolute atomic E-state index is 0.211. The SMILES string of the molecule is CO[C@@H]1[C@@H](C(=O)O)[C@@]1(C)c1ccccc1. The van der Waals surface area contributed by atoms with Crippen LogP contribution < -0.4 is 0 Å². The maximum Gasteiger partial charge on any atom is 0.310 e. The van der Waals surface area contributed by atoms with Gasteiger partial charge in [0, 0.05) is 12.5 Å². The molecular formula is C12H14O3. The van der Waals surface area contributed by atoms with E-state index in [0.29, 0.717) is 0 Å². The van der Waals surface area contributed by atoms with Crippen molar-refractivity contribution in [2.75, 3.05) is 7.11 Å². The number of carboxylic acids is 1. The fourth-order valence-electron chi connectivity index (χ4n) is 2.38. The summed E-state index contributed by atoms with van der Waals surface area (Å²) in [5.41, 5.74) is 0.659. The standard InChI is InChI=1S/C12H14O3/c1-12(8-6-4-3-5-7-8)9(11(13)14)10(12)15-2/h3-7,9-10H,1-2H3,(H,13,14)/t9-,10+,12+/m0/s1. The van der Waals surface area contributed by atoms with Crippen molar-refractivity contribution in [2.24, 2.45) is 5.92 Å². The van der Waals surface area contributed by atoms with E-state index in [2.05, 4.69) is 0 Å². The van der Waals surface area contributed by atoms with Gasteiger partial charge in [-0.15, -0.1) is 0 Å². The fourth-order valence-corrected chi connectivity index (χ4v) is 2.38. The average Bonchev–Trinajstić information content (AvgIpc) is 2.87. The summed E-state index contributed by atoms with van der Waals surface area (Å²) in [6.07, 6.45) is -0.211. The number of rotatable bonds is 3. The molecule has 0 saturated heterocycles. The van der Waals surface area contributed by atoms with Crippen LogP contribution >= 0.6 is 0 Å². The second-order valence-corrected chi connectivity index (χ2v) is 4.12. The van der Waals surface area contributed by atoms with Gasteiger partial charge in [0.25, 0.3) is 0 Å². The van der Waals surface area contributed by atoms with E-state index in [1.165, 1.54) is 0 Å². The van der Waals surface area contributed by atoms with Crippen LogP contribution in [-0.2, 0) is 14.9 Å². The molecule has 1 aromatic carbocycles. The fraction of sp³-hybridized carbons (Fsp3) is 0.417. The Balaban J connectivity index is 2.33. The van der Waals surface area contributed by atoms with Crippen LogP contribution in [0.5, 0.6) is 0 Å². The minimum Gasteiger partial charge on any atom is -0.481 e. The second-order valence-electron chi connectivity index (χ2n) is 4.12. The molecule has 3 heteroatoms. The molecule has 0 aromatic heterocycles. The van der Waals surface area contributed by atoms with Gasteiger partial charge in [0.15, 0.2) is 0 Å². The minimum atomic E-state index is -0.784. The van der Waals surface area contributed by atoms with Crippen LogP contribution in [0.3, 0.4) is 0 Å². The number of methoxy groups -OCH3 is 1. The third kappa shape index (κ3) is 1.35. The third-order valence-electron chi connectivity index (χ3n) is 3.35. The molecule has 1 aliphatic rings. The molecule has 0 unspecified atom stereocenters. The van der Waals surface area contributed by atoms with Crippen molar-refractivity contribution in [3.05, 3.63) is 35.9 Å². The Hall–Kier alpha value is -1.35. The summed E-state index contributed by atoms with van der Waals surface area (Å²) < 4.78 is 5.22. The summed E-state index contributed by atoms with van der Waals surface area (Å²) in [6, 6.07) is 9.67. The summed E-state index contributed by atoms with van der Waals surface area (Å²) in [5, 5.41) is 9.07. The average molecular weight is 206 g/mol. The first kappa shape index (κ1) is 10.2. The van der Waals surface area contributed by atoms with E-state index in [9.17, 15) is 4.79 Å². The van der Waals surface area contributed by atoms with Gasteiger partial charge >= 0.3 is 5.97 Å². The quantitative estimate of drug-likeness (QED) is 0.818. The first-order chi connectivity index (χ1) is 7.12. The normalized spacial score (nSPS) is 33.7. The van der Waals surface area contributed by atoms with Gasteiger partial charge in [-0.05, 0) is 5.56 Å². The summed E-state index contributed by atoms with van der Waals surface area (Å²) >= 11 is 0. The van der Waals surface area contributed by atoms with E-state index in [4.69, 9.17) is 9.84 Å². The zero-order valence-corrected chi connectivity index (χ0v) is 8.81. The largest absolute Gasteiger partial charge is 0.481 e. The molecule has 0 heterocycles. The molecular weight excluding hydrogens is 192 g/mol. The van der Waals surface area contributed by atoms with Crippen molar-refractivity contribution in [2.45, 2.75) is 18.4 Å². The lowest BCUT2D eigenvalue weighted by Gasteiger charge is -2.10. The number of aliphatic carboxylic acids is 1. The highest BCUT2D eigenvalue weighted by molar-refractivity contribution is 5.79. The Labute approximate surface area is 88.7 Å². The third-order valence-corrected chi connectivity index (χ3v) is 3.35. The molecule has 1 N–H and O–H groups in total. The van der Waals surface area contributed by atoms with Crippen molar-refractivity contribution in [1.82, 2.24) is 0 Å². The number of hydrogen-bond donors (Lipinski definition) is 1. The van der Waals surface area contributed by atoms with Gasteiger partial charge in [-0.25, -0.2) is 0 Å². The lowest BCUT2D eigenvalue weighted by molar-refractivity contribution is -0.139. The van der Waals surface area contributed by atoms with Crippen LogP contribution in [0.25, 0.3) is 0 Å². The lowest BCUT2D eigenvalue weighted by atomic mass is 9.95. The summed E-state index contributed by atoms with van der Waals surface area (Å²) in [4.78, 5) is 11.0. The highest BCUT2D eigenvalue weighted by Gasteiger charge is 2.67. The van der Waals surface area contributed by atoms with E-state index in [1.54, 1.807) is 7.11 Å². The first-order valence-electron chi connectivity index (χ1n) is 4.93. The highest BCUT2D eigenvalue weighted by Crippen LogP contribution is 2.55. The van der Waals surface area contributed by atoms with Crippen LogP contribution in [0, 0.1) is 5.92 Å². The van der Waals surface area contributed by atoms with Crippen LogP contribution in [0.1, 0.15) is 12.5 Å². The van der Waals surface area contributed by atoms with Gasteiger partial charge in [-0.3, -0.25) is 4.79 Å². The van der Waals surface area contributed by atoms with Crippen molar-refractivity contribution < 1.29 is 14.6 Å². The Bertz CT molecular complexity index is 374. The number of hydrogen-bond acceptors (Lipinski definition) is 2. The van der Waals surface area contributed by atoms with Crippen molar-refractivity contribution in [3.63, 3.8) is 0 Å². The second kappa shape index (κ2) is 3.35. The highest BCUT2D eigenvalue weighted by atomic mass is 16.5. The molecule has 0 bridgehead atoms. The predicted molar refractivity (Wildman–Crippen MR) is 55.7 cm³/mol. The summed E-state index contributed by atoms with van der Waals surface area (Å²) in [5.74, 6) is -1.21. The molecule has 0 aliphatic heterocycles. The maximum absolute atomic E-state index is 11.0. The zero-order valence-electron chi connectivity index (χ0n) is 8.81. The number of ether oxygens (including phenoxy) is 1. The predicted octanol–water partition coefficient (Wildman–Crippen LogP) is 1.67. The number of benzene rings is 1. The van der Waals surface area contributed by atoms with Gasteiger partial charge in [-0.2, -0.15) is 0 Å². The Morgan fingerprint density at radius 1 is 1.40 bits per heavy atom. The Morgan fingerprint density at radius 2 is 2.00 bits per heavy atom. The topological polar surface area (TPSA) is 46.5 Å². The van der Waals surface area contributed by atoms with Crippen molar-refractivity contribution in [3.8, 4) is 0 Å². The monoisotopic (exact) mass is 206 g/mol. The molecule has 80 valence electrons. The van der Waals surface area contributed by atoms with Crippen LogP contribution in [0.2, 0.25) is 0 Å². The Morgan fingerprint density at radius 3 is 2.40 bits per heavy atom. The lowest BCUT2D eigenvalue weighted by Crippen LogP contribution is -2.11. The molecule has 1 aromatic rings. The molecule has 15 heavy (non-hydrogen) atoms. The summed E-state index contributed by atoms with van der Waals surface area (Å²) in [7, 11) is 1.56. The molecule has 1 aliphatic carbocycles. The molecule has 2 rings (SSSR count). The first-order valence-corrected chi connectivity index (χ1v) is 4.93. The zero-order chi connectivity index (χ0) is 11.1. The molecule has 1 fully saturated rings. The van der Waals surface area contributed by atoms with Gasteiger partial charge in [0.2, 0.25) is 0 Å². The van der Waals surface area contributed by atoms with Crippen LogP contribution in [0.4, 0.5) is 0 Å². The van der Waals surface area contributed by atoms with Crippen LogP contribution in [0.15, 0.2) is 30.3 Å². The molecule has 0 amide bonds. The smallest absolute Gasteiger partial charge is 0.310 e. The molecule has 0 radical (unpaired) electrons. The van der Waals surface area contributed by atoms with Crippen molar-refractivity contribution in [1.29, 1.82) is 0 Å².